The summed E-state index contributed by atoms with van der Waals surface area (Å²) in [6, 6.07) is 0. The summed E-state index contributed by atoms with van der Waals surface area (Å²) in [7, 11) is 0. The Balaban J connectivity index is 1.89. The predicted molar refractivity (Wildman–Crippen MR) is 78.2 cm³/mol. The Morgan fingerprint density at radius 1 is 0.882 bits per heavy atom. The maximum Gasteiger partial charge on any atom is -0.0383 e. The molecule has 0 aliphatic heterocycles. The molecule has 1 aliphatic carbocycles. The van der Waals surface area contributed by atoms with Crippen molar-refractivity contribution in [1.29, 1.82) is 0 Å². The fraction of sp³-hybridized carbons (Fsp3) is 1.00. The van der Waals surface area contributed by atoms with Crippen LogP contribution in [0.2, 0.25) is 0 Å². The molecule has 17 heavy (non-hydrogen) atoms. The Kier molecular flexibility index (Phi) is 7.23. The fourth-order valence-electron chi connectivity index (χ4n) is 3.06. The molecule has 0 heteroatoms. The summed E-state index contributed by atoms with van der Waals surface area (Å²) >= 11 is 0. The first-order valence-corrected chi connectivity index (χ1v) is 8.17. The van der Waals surface area contributed by atoms with Crippen LogP contribution in [0.4, 0.5) is 0 Å². The van der Waals surface area contributed by atoms with Gasteiger partial charge in [0.1, 0.15) is 0 Å². The summed E-state index contributed by atoms with van der Waals surface area (Å²) in [4.78, 5) is 0. The van der Waals surface area contributed by atoms with Crippen molar-refractivity contribution in [2.45, 2.75) is 85.5 Å². The van der Waals surface area contributed by atoms with Gasteiger partial charge in [-0.25, -0.2) is 0 Å². The Morgan fingerprint density at radius 3 is 2.12 bits per heavy atom. The van der Waals surface area contributed by atoms with Gasteiger partial charge < -0.3 is 0 Å². The molecule has 0 spiro atoms. The average molecular weight is 238 g/mol. The standard InChI is InChI=1S/C17H34/c1-5-14(3)9-7-10-15(4)11-8-12-17-13-16(17)6-2/h14-17H,5-13H2,1-4H3/t14-,15-,16+,17+/m0/s1. The van der Waals surface area contributed by atoms with Crippen molar-refractivity contribution in [1.82, 2.24) is 0 Å². The average Bonchev–Trinajstić information content (AvgIpc) is 3.07. The largest absolute Gasteiger partial charge is 0.0651 e. The van der Waals surface area contributed by atoms with Crippen molar-refractivity contribution in [3.8, 4) is 0 Å². The Bertz CT molecular complexity index is 184. The molecule has 0 saturated heterocycles. The van der Waals surface area contributed by atoms with Crippen LogP contribution in [0.25, 0.3) is 0 Å². The molecule has 4 atom stereocenters. The first-order valence-electron chi connectivity index (χ1n) is 8.17. The molecule has 0 aromatic heterocycles. The summed E-state index contributed by atoms with van der Waals surface area (Å²) in [5, 5.41) is 0. The molecule has 0 radical (unpaired) electrons. The van der Waals surface area contributed by atoms with Gasteiger partial charge in [-0.15, -0.1) is 0 Å². The van der Waals surface area contributed by atoms with Gasteiger partial charge in [0.15, 0.2) is 0 Å². The van der Waals surface area contributed by atoms with Gasteiger partial charge in [-0.3, -0.25) is 0 Å². The van der Waals surface area contributed by atoms with E-state index in [4.69, 9.17) is 0 Å². The van der Waals surface area contributed by atoms with Crippen LogP contribution in [-0.2, 0) is 0 Å². The van der Waals surface area contributed by atoms with Gasteiger partial charge in [0.25, 0.3) is 0 Å². The maximum atomic E-state index is 2.46. The molecule has 0 unspecified atom stereocenters. The highest BCUT2D eigenvalue weighted by Gasteiger charge is 2.34. The van der Waals surface area contributed by atoms with E-state index in [9.17, 15) is 0 Å². The lowest BCUT2D eigenvalue weighted by atomic mass is 9.93. The van der Waals surface area contributed by atoms with Crippen LogP contribution in [0, 0.1) is 23.7 Å². The zero-order chi connectivity index (χ0) is 12.7. The van der Waals surface area contributed by atoms with Gasteiger partial charge in [-0.05, 0) is 30.1 Å². The van der Waals surface area contributed by atoms with Crippen molar-refractivity contribution >= 4 is 0 Å². The minimum Gasteiger partial charge on any atom is -0.0651 e. The molecule has 1 fully saturated rings. The van der Waals surface area contributed by atoms with Crippen molar-refractivity contribution in [3.63, 3.8) is 0 Å². The molecule has 0 heterocycles. The summed E-state index contributed by atoms with van der Waals surface area (Å²) in [5.41, 5.74) is 0. The van der Waals surface area contributed by atoms with Crippen LogP contribution in [0.3, 0.4) is 0 Å². The summed E-state index contributed by atoms with van der Waals surface area (Å²) in [6.07, 6.45) is 13.2. The van der Waals surface area contributed by atoms with Crippen LogP contribution in [0.5, 0.6) is 0 Å². The molecule has 0 aromatic rings. The quantitative estimate of drug-likeness (QED) is 0.434. The first kappa shape index (κ1) is 15.1. The molecule has 1 aliphatic rings. The van der Waals surface area contributed by atoms with Gasteiger partial charge in [0.2, 0.25) is 0 Å². The van der Waals surface area contributed by atoms with E-state index in [1.54, 1.807) is 6.42 Å². The second-order valence-electron chi connectivity index (χ2n) is 6.64. The predicted octanol–water partition coefficient (Wildman–Crippen LogP) is 6.06. The number of rotatable bonds is 10. The van der Waals surface area contributed by atoms with Gasteiger partial charge in [-0.2, -0.15) is 0 Å². The highest BCUT2D eigenvalue weighted by Crippen LogP contribution is 2.44. The van der Waals surface area contributed by atoms with Gasteiger partial charge >= 0.3 is 0 Å². The highest BCUT2D eigenvalue weighted by molar-refractivity contribution is 4.84. The van der Waals surface area contributed by atoms with E-state index in [1.165, 1.54) is 51.4 Å². The van der Waals surface area contributed by atoms with Crippen LogP contribution < -0.4 is 0 Å². The molecule has 0 amide bonds. The van der Waals surface area contributed by atoms with Crippen molar-refractivity contribution in [2.75, 3.05) is 0 Å². The molecular weight excluding hydrogens is 204 g/mol. The van der Waals surface area contributed by atoms with E-state index >= 15 is 0 Å². The third-order valence-electron chi connectivity index (χ3n) is 4.96. The molecular formula is C17H34. The van der Waals surface area contributed by atoms with Crippen LogP contribution in [-0.4, -0.2) is 0 Å². The Morgan fingerprint density at radius 2 is 1.53 bits per heavy atom. The topological polar surface area (TPSA) is 0 Å². The molecule has 0 bridgehead atoms. The normalized spacial score (nSPS) is 26.8. The first-order chi connectivity index (χ1) is 8.17. The molecule has 0 nitrogen and oxygen atoms in total. The minimum atomic E-state index is 0.943. The summed E-state index contributed by atoms with van der Waals surface area (Å²) in [5.74, 6) is 4.14. The Labute approximate surface area is 110 Å². The van der Waals surface area contributed by atoms with Crippen LogP contribution >= 0.6 is 0 Å². The van der Waals surface area contributed by atoms with Gasteiger partial charge in [0.05, 0.1) is 0 Å². The van der Waals surface area contributed by atoms with Crippen molar-refractivity contribution in [3.05, 3.63) is 0 Å². The second-order valence-corrected chi connectivity index (χ2v) is 6.64. The second kappa shape index (κ2) is 8.16. The zero-order valence-electron chi connectivity index (χ0n) is 12.7. The fourth-order valence-corrected chi connectivity index (χ4v) is 3.06. The van der Waals surface area contributed by atoms with Crippen LogP contribution in [0.15, 0.2) is 0 Å². The van der Waals surface area contributed by atoms with Crippen molar-refractivity contribution in [2.24, 2.45) is 23.7 Å². The lowest BCUT2D eigenvalue weighted by Crippen LogP contribution is -1.98. The van der Waals surface area contributed by atoms with Crippen LogP contribution in [0.1, 0.15) is 85.5 Å². The lowest BCUT2D eigenvalue weighted by molar-refractivity contribution is 0.403. The van der Waals surface area contributed by atoms with E-state index in [0.717, 1.165) is 23.7 Å². The molecule has 1 saturated carbocycles. The third kappa shape index (κ3) is 6.48. The number of hydrogen-bond acceptors (Lipinski definition) is 0. The molecule has 102 valence electrons. The lowest BCUT2D eigenvalue weighted by Gasteiger charge is -2.13. The van der Waals surface area contributed by atoms with E-state index in [2.05, 4.69) is 27.7 Å². The van der Waals surface area contributed by atoms with Gasteiger partial charge in [-0.1, -0.05) is 79.1 Å². The monoisotopic (exact) mass is 238 g/mol. The molecule has 0 aromatic carbocycles. The number of hydrogen-bond donors (Lipinski definition) is 0. The smallest absolute Gasteiger partial charge is 0.0383 e. The van der Waals surface area contributed by atoms with Crippen molar-refractivity contribution < 1.29 is 0 Å². The molecule has 0 N–H and O–H groups in total. The third-order valence-corrected chi connectivity index (χ3v) is 4.96. The van der Waals surface area contributed by atoms with E-state index in [0.29, 0.717) is 0 Å². The maximum absolute atomic E-state index is 2.46. The molecule has 1 rings (SSSR count). The summed E-state index contributed by atoms with van der Waals surface area (Å²) in [6.45, 7) is 9.51. The Hall–Kier alpha value is 0. The SMILES string of the molecule is CC[C@H](C)CCC[C@H](C)CCC[C@@H]1C[C@H]1CC. The summed E-state index contributed by atoms with van der Waals surface area (Å²) < 4.78 is 0. The van der Waals surface area contributed by atoms with E-state index < -0.39 is 0 Å². The van der Waals surface area contributed by atoms with Gasteiger partial charge in [0, 0.05) is 0 Å². The highest BCUT2D eigenvalue weighted by atomic mass is 14.4. The van der Waals surface area contributed by atoms with E-state index in [-0.39, 0.29) is 0 Å². The minimum absolute atomic E-state index is 0.943. The zero-order valence-corrected chi connectivity index (χ0v) is 12.7. The van der Waals surface area contributed by atoms with E-state index in [1.807, 2.05) is 0 Å².